The summed E-state index contributed by atoms with van der Waals surface area (Å²) in [5.74, 6) is 1.76. The van der Waals surface area contributed by atoms with Gasteiger partial charge in [-0.2, -0.15) is 0 Å². The average molecular weight is 460 g/mol. The molecule has 0 radical (unpaired) electrons. The molecule has 1 amide bonds. The van der Waals surface area contributed by atoms with E-state index in [1.54, 1.807) is 35.2 Å². The van der Waals surface area contributed by atoms with E-state index >= 15 is 0 Å². The molecule has 9 nitrogen and oxygen atoms in total. The Kier molecular flexibility index (Phi) is 7.00. The number of aromatic nitrogens is 3. The van der Waals surface area contributed by atoms with Crippen LogP contribution < -0.4 is 19.9 Å². The number of fused-ring (bicyclic) bond motifs is 1. The number of halogens is 1. The van der Waals surface area contributed by atoms with Gasteiger partial charge in [0.25, 0.3) is 5.56 Å². The fourth-order valence-electron chi connectivity index (χ4n) is 3.69. The van der Waals surface area contributed by atoms with E-state index in [1.165, 1.54) is 14.2 Å². The standard InChI is InChI=1S/C22H25N5O4.ClH/c1-13(2)26-8-9-27(19(28)12-26)18-7-5-6-15(23-18)21-24-16-10-14(30-3)11-17(31-4)20(16)22(29)25-21;/h5-7,10-11,13H,8-9,12H2,1-4H3,(H,24,25,29);1H. The maximum absolute atomic E-state index is 12.8. The Balaban J connectivity index is 0.00000289. The first-order valence-corrected chi connectivity index (χ1v) is 10.1. The number of pyridine rings is 1. The van der Waals surface area contributed by atoms with E-state index < -0.39 is 0 Å². The molecular formula is C22H26ClN5O4. The van der Waals surface area contributed by atoms with Crippen molar-refractivity contribution in [1.29, 1.82) is 0 Å². The Morgan fingerprint density at radius 1 is 1.06 bits per heavy atom. The van der Waals surface area contributed by atoms with Crippen LogP contribution in [0, 0.1) is 0 Å². The highest BCUT2D eigenvalue weighted by molar-refractivity contribution is 5.95. The largest absolute Gasteiger partial charge is 0.497 e. The molecule has 0 bridgehead atoms. The number of benzene rings is 1. The number of H-pyrrole nitrogens is 1. The molecule has 3 heterocycles. The Labute approximate surface area is 191 Å². The first-order chi connectivity index (χ1) is 14.9. The summed E-state index contributed by atoms with van der Waals surface area (Å²) in [4.78, 5) is 41.2. The van der Waals surface area contributed by atoms with Crippen molar-refractivity contribution in [2.45, 2.75) is 19.9 Å². The van der Waals surface area contributed by atoms with E-state index in [0.29, 0.717) is 58.9 Å². The number of piperazine rings is 1. The summed E-state index contributed by atoms with van der Waals surface area (Å²) >= 11 is 0. The first-order valence-electron chi connectivity index (χ1n) is 10.1. The lowest BCUT2D eigenvalue weighted by Gasteiger charge is -2.35. The minimum absolute atomic E-state index is 0. The number of carbonyl (C=O) groups is 1. The SMILES string of the molecule is COc1cc(OC)c2c(=O)[nH]c(-c3cccc(N4CCN(C(C)C)CC4=O)n3)nc2c1.Cl. The molecule has 10 heteroatoms. The molecule has 1 saturated heterocycles. The number of hydrogen-bond acceptors (Lipinski definition) is 7. The zero-order valence-electron chi connectivity index (χ0n) is 18.4. The van der Waals surface area contributed by atoms with Crippen LogP contribution in [0.2, 0.25) is 0 Å². The van der Waals surface area contributed by atoms with Gasteiger partial charge in [-0.05, 0) is 26.0 Å². The lowest BCUT2D eigenvalue weighted by Crippen LogP contribution is -2.52. The monoisotopic (exact) mass is 459 g/mol. The van der Waals surface area contributed by atoms with Crippen LogP contribution in [0.1, 0.15) is 13.8 Å². The number of nitrogens with one attached hydrogen (secondary N) is 1. The predicted molar refractivity (Wildman–Crippen MR) is 125 cm³/mol. The van der Waals surface area contributed by atoms with E-state index in [9.17, 15) is 9.59 Å². The molecule has 1 aliphatic heterocycles. The van der Waals surface area contributed by atoms with E-state index in [1.807, 2.05) is 0 Å². The summed E-state index contributed by atoms with van der Waals surface area (Å²) in [6.07, 6.45) is 0. The number of anilines is 1. The molecule has 1 aliphatic rings. The maximum Gasteiger partial charge on any atom is 0.262 e. The third kappa shape index (κ3) is 4.39. The molecule has 1 N–H and O–H groups in total. The van der Waals surface area contributed by atoms with Crippen molar-refractivity contribution < 1.29 is 14.3 Å². The van der Waals surface area contributed by atoms with Crippen molar-refractivity contribution in [2.24, 2.45) is 0 Å². The Hall–Kier alpha value is -3.17. The number of hydrogen-bond donors (Lipinski definition) is 1. The molecule has 0 saturated carbocycles. The number of rotatable bonds is 5. The van der Waals surface area contributed by atoms with E-state index in [4.69, 9.17) is 9.47 Å². The van der Waals surface area contributed by atoms with Gasteiger partial charge in [0.2, 0.25) is 5.91 Å². The number of methoxy groups -OCH3 is 2. The lowest BCUT2D eigenvalue weighted by atomic mass is 10.2. The summed E-state index contributed by atoms with van der Waals surface area (Å²) in [6, 6.07) is 8.97. The van der Waals surface area contributed by atoms with Crippen LogP contribution in [-0.2, 0) is 4.79 Å². The van der Waals surface area contributed by atoms with Gasteiger partial charge in [0, 0.05) is 31.3 Å². The highest BCUT2D eigenvalue weighted by Crippen LogP contribution is 2.29. The summed E-state index contributed by atoms with van der Waals surface area (Å²) in [6.45, 7) is 5.85. The zero-order valence-corrected chi connectivity index (χ0v) is 19.2. The fourth-order valence-corrected chi connectivity index (χ4v) is 3.69. The zero-order chi connectivity index (χ0) is 22.1. The Bertz CT molecular complexity index is 1200. The first kappa shape index (κ1) is 23.5. The molecule has 0 spiro atoms. The number of amides is 1. The van der Waals surface area contributed by atoms with Crippen LogP contribution in [0.5, 0.6) is 11.5 Å². The summed E-state index contributed by atoms with van der Waals surface area (Å²) in [7, 11) is 3.03. The van der Waals surface area contributed by atoms with E-state index in [0.717, 1.165) is 6.54 Å². The average Bonchev–Trinajstić information content (AvgIpc) is 2.77. The highest BCUT2D eigenvalue weighted by atomic mass is 35.5. The highest BCUT2D eigenvalue weighted by Gasteiger charge is 2.27. The van der Waals surface area contributed by atoms with Gasteiger partial charge in [0.15, 0.2) is 5.82 Å². The van der Waals surface area contributed by atoms with Crippen molar-refractivity contribution in [3.63, 3.8) is 0 Å². The molecule has 2 aromatic heterocycles. The Morgan fingerprint density at radius 2 is 1.84 bits per heavy atom. The topological polar surface area (TPSA) is 101 Å². The maximum atomic E-state index is 12.8. The van der Waals surface area contributed by atoms with Crippen molar-refractivity contribution in [2.75, 3.05) is 38.8 Å². The molecule has 1 fully saturated rings. The van der Waals surface area contributed by atoms with Crippen molar-refractivity contribution in [3.8, 4) is 23.0 Å². The molecule has 3 aromatic rings. The summed E-state index contributed by atoms with van der Waals surface area (Å²) in [5.41, 5.74) is 0.564. The number of nitrogens with zero attached hydrogens (tertiary/aromatic N) is 4. The lowest BCUT2D eigenvalue weighted by molar-refractivity contribution is -0.121. The molecular weight excluding hydrogens is 434 g/mol. The minimum Gasteiger partial charge on any atom is -0.497 e. The van der Waals surface area contributed by atoms with Crippen LogP contribution in [0.15, 0.2) is 35.1 Å². The van der Waals surface area contributed by atoms with Crippen molar-refractivity contribution >= 4 is 35.0 Å². The third-order valence-electron chi connectivity index (χ3n) is 5.44. The van der Waals surface area contributed by atoms with Gasteiger partial charge in [0.1, 0.15) is 28.4 Å². The van der Waals surface area contributed by atoms with Gasteiger partial charge < -0.3 is 14.5 Å². The number of carbonyl (C=O) groups excluding carboxylic acids is 1. The smallest absolute Gasteiger partial charge is 0.262 e. The van der Waals surface area contributed by atoms with Crippen molar-refractivity contribution in [3.05, 3.63) is 40.7 Å². The number of ether oxygens (including phenoxy) is 2. The molecule has 1 aromatic carbocycles. The minimum atomic E-state index is -0.340. The van der Waals surface area contributed by atoms with Gasteiger partial charge in [-0.3, -0.25) is 19.4 Å². The second-order valence-electron chi connectivity index (χ2n) is 7.63. The normalized spacial score (nSPS) is 14.5. The quantitative estimate of drug-likeness (QED) is 0.625. The van der Waals surface area contributed by atoms with Crippen LogP contribution in [0.4, 0.5) is 5.82 Å². The summed E-state index contributed by atoms with van der Waals surface area (Å²) < 4.78 is 10.6. The van der Waals surface area contributed by atoms with Crippen LogP contribution >= 0.6 is 12.4 Å². The Morgan fingerprint density at radius 3 is 2.50 bits per heavy atom. The van der Waals surface area contributed by atoms with Crippen LogP contribution in [-0.4, -0.2) is 65.7 Å². The van der Waals surface area contributed by atoms with Crippen LogP contribution in [0.25, 0.3) is 22.4 Å². The summed E-state index contributed by atoms with van der Waals surface area (Å²) in [5, 5.41) is 0.336. The second-order valence-corrected chi connectivity index (χ2v) is 7.63. The van der Waals surface area contributed by atoms with Gasteiger partial charge >= 0.3 is 0 Å². The predicted octanol–water partition coefficient (Wildman–Crippen LogP) is 2.48. The number of aromatic amines is 1. The third-order valence-corrected chi connectivity index (χ3v) is 5.44. The van der Waals surface area contributed by atoms with E-state index in [-0.39, 0.29) is 23.9 Å². The molecule has 4 rings (SSSR count). The van der Waals surface area contributed by atoms with Gasteiger partial charge in [-0.25, -0.2) is 9.97 Å². The van der Waals surface area contributed by atoms with Gasteiger partial charge in [-0.15, -0.1) is 12.4 Å². The fraction of sp³-hybridized carbons (Fsp3) is 0.364. The molecule has 170 valence electrons. The van der Waals surface area contributed by atoms with E-state index in [2.05, 4.69) is 33.7 Å². The van der Waals surface area contributed by atoms with Gasteiger partial charge in [0.05, 0.1) is 26.3 Å². The molecule has 0 unspecified atom stereocenters. The molecule has 0 aliphatic carbocycles. The molecule has 32 heavy (non-hydrogen) atoms. The van der Waals surface area contributed by atoms with Crippen molar-refractivity contribution in [1.82, 2.24) is 19.9 Å². The molecule has 0 atom stereocenters. The van der Waals surface area contributed by atoms with Crippen LogP contribution in [0.3, 0.4) is 0 Å². The van der Waals surface area contributed by atoms with Gasteiger partial charge in [-0.1, -0.05) is 6.07 Å². The second kappa shape index (κ2) is 9.54.